The van der Waals surface area contributed by atoms with Gasteiger partial charge < -0.3 is 5.32 Å². The second kappa shape index (κ2) is 8.13. The van der Waals surface area contributed by atoms with Crippen molar-refractivity contribution in [2.75, 3.05) is 15.9 Å². The lowest BCUT2D eigenvalue weighted by Gasteiger charge is -2.20. The molecule has 7 nitrogen and oxygen atoms in total. The quantitative estimate of drug-likeness (QED) is 0.747. The first kappa shape index (κ1) is 20.3. The van der Waals surface area contributed by atoms with Gasteiger partial charge in [0.25, 0.3) is 0 Å². The molecule has 0 heterocycles. The van der Waals surface area contributed by atoms with Crippen molar-refractivity contribution >= 4 is 68.3 Å². The number of nitrogens with one attached hydrogen (secondary N) is 2. The van der Waals surface area contributed by atoms with Crippen LogP contribution in [0.15, 0.2) is 42.5 Å². The first-order valence-electron chi connectivity index (χ1n) is 6.91. The van der Waals surface area contributed by atoms with Crippen molar-refractivity contribution in [2.45, 2.75) is 0 Å². The molecule has 0 aliphatic carbocycles. The van der Waals surface area contributed by atoms with Gasteiger partial charge in [0.1, 0.15) is 0 Å². The summed E-state index contributed by atoms with van der Waals surface area (Å²) in [5.74, 6) is 0. The summed E-state index contributed by atoms with van der Waals surface area (Å²) in [7, 11) is -4.01. The van der Waals surface area contributed by atoms with Crippen LogP contribution < -0.4 is 14.9 Å². The fraction of sp³-hybridized carbons (Fsp3) is 0.0667. The number of benzene rings is 2. The zero-order valence-electron chi connectivity index (χ0n) is 13.2. The second-order valence-corrected chi connectivity index (χ2v) is 8.12. The Morgan fingerprint density at radius 1 is 0.962 bits per heavy atom. The molecule has 0 atom stereocenters. The molecule has 0 aromatic heterocycles. The van der Waals surface area contributed by atoms with Gasteiger partial charge in [-0.05, 0) is 42.5 Å². The summed E-state index contributed by atoms with van der Waals surface area (Å²) in [5, 5.41) is 5.13. The van der Waals surface area contributed by atoms with Crippen LogP contribution in [0, 0.1) is 0 Å². The van der Waals surface area contributed by atoms with Crippen LogP contribution in [0.1, 0.15) is 0 Å². The maximum Gasteiger partial charge on any atom is 0.343 e. The van der Waals surface area contributed by atoms with E-state index >= 15 is 0 Å². The van der Waals surface area contributed by atoms with Crippen LogP contribution >= 0.6 is 34.8 Å². The van der Waals surface area contributed by atoms with E-state index in [9.17, 15) is 18.0 Å². The molecule has 138 valence electrons. The summed E-state index contributed by atoms with van der Waals surface area (Å²) >= 11 is 17.4. The van der Waals surface area contributed by atoms with Crippen LogP contribution in [-0.2, 0) is 10.0 Å². The lowest BCUT2D eigenvalue weighted by Crippen LogP contribution is -2.47. The topological polar surface area (TPSA) is 95.6 Å². The van der Waals surface area contributed by atoms with Gasteiger partial charge in [-0.25, -0.2) is 18.0 Å². The molecule has 26 heavy (non-hydrogen) atoms. The smallest absolute Gasteiger partial charge is 0.306 e. The lowest BCUT2D eigenvalue weighted by molar-refractivity contribution is 0.238. The normalized spacial score (nSPS) is 10.9. The van der Waals surface area contributed by atoms with Crippen molar-refractivity contribution in [3.63, 3.8) is 0 Å². The third-order valence-corrected chi connectivity index (χ3v) is 4.82. The lowest BCUT2D eigenvalue weighted by atomic mass is 10.3. The molecule has 0 aliphatic heterocycles. The summed E-state index contributed by atoms with van der Waals surface area (Å²) in [4.78, 5) is 24.3. The molecule has 2 rings (SSSR count). The van der Waals surface area contributed by atoms with Crippen molar-refractivity contribution in [1.82, 2.24) is 5.32 Å². The van der Waals surface area contributed by atoms with Gasteiger partial charge in [-0.3, -0.25) is 5.32 Å². The Kier molecular flexibility index (Phi) is 6.35. The van der Waals surface area contributed by atoms with E-state index in [0.29, 0.717) is 14.4 Å². The molecule has 4 amide bonds. The van der Waals surface area contributed by atoms with E-state index in [1.165, 1.54) is 42.5 Å². The van der Waals surface area contributed by atoms with E-state index in [-0.39, 0.29) is 16.4 Å². The maximum absolute atomic E-state index is 12.3. The van der Waals surface area contributed by atoms with Crippen LogP contribution in [0.3, 0.4) is 0 Å². The van der Waals surface area contributed by atoms with E-state index in [1.54, 1.807) is 0 Å². The van der Waals surface area contributed by atoms with Crippen LogP contribution in [-0.4, -0.2) is 26.7 Å². The van der Waals surface area contributed by atoms with Gasteiger partial charge in [0.2, 0.25) is 10.0 Å². The number of hydrogen-bond donors (Lipinski definition) is 2. The molecule has 0 radical (unpaired) electrons. The largest absolute Gasteiger partial charge is 0.343 e. The van der Waals surface area contributed by atoms with Crippen molar-refractivity contribution in [3.8, 4) is 0 Å². The van der Waals surface area contributed by atoms with Gasteiger partial charge in [0, 0.05) is 10.0 Å². The van der Waals surface area contributed by atoms with E-state index in [1.807, 2.05) is 5.32 Å². The number of urea groups is 2. The predicted octanol–water partition coefficient (Wildman–Crippen LogP) is 4.35. The number of imide groups is 1. The Labute approximate surface area is 164 Å². The number of carbonyl (C=O) groups excluding carboxylic acids is 2. The van der Waals surface area contributed by atoms with Crippen LogP contribution in [0.25, 0.3) is 0 Å². The molecule has 2 aromatic rings. The molecule has 11 heteroatoms. The molecule has 2 aromatic carbocycles. The first-order valence-corrected chi connectivity index (χ1v) is 9.89. The summed E-state index contributed by atoms with van der Waals surface area (Å²) in [6, 6.07) is 7.67. The van der Waals surface area contributed by atoms with E-state index in [0.717, 1.165) is 6.26 Å². The summed E-state index contributed by atoms with van der Waals surface area (Å²) < 4.78 is 24.3. The SMILES string of the molecule is CS(=O)(=O)N(C(=O)NC(=O)Nc1ccc(Cl)cc1Cl)c1ccc(Cl)cc1. The molecule has 0 fully saturated rings. The van der Waals surface area contributed by atoms with E-state index in [2.05, 4.69) is 5.32 Å². The number of amides is 4. The molecule has 0 unspecified atom stereocenters. The van der Waals surface area contributed by atoms with Crippen LogP contribution in [0.2, 0.25) is 15.1 Å². The minimum atomic E-state index is -4.01. The Bertz CT molecular complexity index is 949. The highest BCUT2D eigenvalue weighted by Gasteiger charge is 2.27. The average Bonchev–Trinajstić information content (AvgIpc) is 2.51. The highest BCUT2D eigenvalue weighted by molar-refractivity contribution is 7.92. The maximum atomic E-state index is 12.3. The third kappa shape index (κ3) is 5.25. The van der Waals surface area contributed by atoms with Crippen molar-refractivity contribution in [3.05, 3.63) is 57.5 Å². The molecule has 0 spiro atoms. The summed E-state index contributed by atoms with van der Waals surface area (Å²) in [5.41, 5.74) is 0.213. The minimum absolute atomic E-state index is 0.0201. The molecule has 0 aliphatic rings. The molecular weight excluding hydrogens is 425 g/mol. The minimum Gasteiger partial charge on any atom is -0.306 e. The van der Waals surface area contributed by atoms with Gasteiger partial charge in [0.05, 0.1) is 22.7 Å². The molecular formula is C15H12Cl3N3O4S. The van der Waals surface area contributed by atoms with Crippen LogP contribution in [0.5, 0.6) is 0 Å². The third-order valence-electron chi connectivity index (χ3n) is 2.98. The number of nitrogens with zero attached hydrogens (tertiary/aromatic N) is 1. The fourth-order valence-corrected chi connectivity index (χ4v) is 3.36. The fourth-order valence-electron chi connectivity index (χ4n) is 1.93. The van der Waals surface area contributed by atoms with Gasteiger partial charge in [-0.15, -0.1) is 0 Å². The van der Waals surface area contributed by atoms with E-state index < -0.39 is 22.1 Å². The summed E-state index contributed by atoms with van der Waals surface area (Å²) in [6.45, 7) is 0. The molecule has 0 bridgehead atoms. The Hall–Kier alpha value is -2.00. The second-order valence-electron chi connectivity index (χ2n) is 5.01. The number of hydrogen-bond acceptors (Lipinski definition) is 4. The average molecular weight is 437 g/mol. The van der Waals surface area contributed by atoms with Gasteiger partial charge in [0.15, 0.2) is 0 Å². The predicted molar refractivity (Wildman–Crippen MR) is 103 cm³/mol. The van der Waals surface area contributed by atoms with Crippen molar-refractivity contribution in [2.24, 2.45) is 0 Å². The highest BCUT2D eigenvalue weighted by atomic mass is 35.5. The monoisotopic (exact) mass is 435 g/mol. The molecule has 2 N–H and O–H groups in total. The standard InChI is InChI=1S/C15H12Cl3N3O4S/c1-26(24,25)21(11-5-2-9(16)3-6-11)15(23)20-14(22)19-13-7-4-10(17)8-12(13)18/h2-8H,1H3,(H2,19,20,22,23). The Balaban J connectivity index is 2.19. The van der Waals surface area contributed by atoms with E-state index in [4.69, 9.17) is 34.8 Å². The first-order chi connectivity index (χ1) is 12.1. The summed E-state index contributed by atoms with van der Waals surface area (Å²) in [6.07, 6.45) is 0.829. The number of anilines is 2. The van der Waals surface area contributed by atoms with Gasteiger partial charge in [-0.1, -0.05) is 34.8 Å². The number of halogens is 3. The van der Waals surface area contributed by atoms with Gasteiger partial charge >= 0.3 is 12.1 Å². The Morgan fingerprint density at radius 2 is 1.54 bits per heavy atom. The number of carbonyl (C=O) groups is 2. The number of rotatable bonds is 3. The van der Waals surface area contributed by atoms with Crippen LogP contribution in [0.4, 0.5) is 21.0 Å². The molecule has 0 saturated heterocycles. The van der Waals surface area contributed by atoms with Gasteiger partial charge in [-0.2, -0.15) is 4.31 Å². The zero-order valence-corrected chi connectivity index (χ0v) is 16.2. The van der Waals surface area contributed by atoms with Crippen molar-refractivity contribution in [1.29, 1.82) is 0 Å². The Morgan fingerprint density at radius 3 is 2.08 bits per heavy atom. The highest BCUT2D eigenvalue weighted by Crippen LogP contribution is 2.25. The zero-order chi connectivity index (χ0) is 19.5. The molecule has 0 saturated carbocycles. The number of sulfonamides is 1. The van der Waals surface area contributed by atoms with Crippen molar-refractivity contribution < 1.29 is 18.0 Å².